The second-order valence-electron chi connectivity index (χ2n) is 5.41. The molecule has 0 aliphatic rings. The van der Waals surface area contributed by atoms with Crippen molar-refractivity contribution >= 4 is 17.7 Å². The molecule has 2 aromatic carbocycles. The standard InChI is InChI=1S/C18H14F3NO2S/c1-11(10-22)12-2-5-15(6-3-12)25-16-7-4-14(18(19,20)21)8-13(16)9-17(23)24/h2-8,11H,9H2,1H3,(H,23,24). The summed E-state index contributed by atoms with van der Waals surface area (Å²) >= 11 is 1.19. The lowest BCUT2D eigenvalue weighted by Crippen LogP contribution is -2.08. The van der Waals surface area contributed by atoms with Gasteiger partial charge in [0.05, 0.1) is 24.0 Å². The molecule has 1 unspecified atom stereocenters. The van der Waals surface area contributed by atoms with Crippen LogP contribution in [0.15, 0.2) is 52.3 Å². The van der Waals surface area contributed by atoms with Crippen molar-refractivity contribution in [1.29, 1.82) is 5.26 Å². The maximum atomic E-state index is 12.8. The molecule has 0 amide bonds. The van der Waals surface area contributed by atoms with E-state index in [0.717, 1.165) is 22.6 Å². The van der Waals surface area contributed by atoms with Crippen LogP contribution in [0.4, 0.5) is 13.2 Å². The van der Waals surface area contributed by atoms with Gasteiger partial charge in [-0.1, -0.05) is 23.9 Å². The molecule has 0 radical (unpaired) electrons. The highest BCUT2D eigenvalue weighted by Gasteiger charge is 2.31. The number of carbonyl (C=O) groups is 1. The first kappa shape index (κ1) is 18.9. The molecule has 1 N–H and O–H groups in total. The minimum Gasteiger partial charge on any atom is -0.481 e. The summed E-state index contributed by atoms with van der Waals surface area (Å²) in [5.41, 5.74) is 0.0816. The van der Waals surface area contributed by atoms with Crippen LogP contribution in [-0.2, 0) is 17.4 Å². The SMILES string of the molecule is CC(C#N)c1ccc(Sc2ccc(C(F)(F)F)cc2CC(=O)O)cc1. The molecule has 130 valence electrons. The highest BCUT2D eigenvalue weighted by atomic mass is 32.2. The van der Waals surface area contributed by atoms with Crippen LogP contribution >= 0.6 is 11.8 Å². The van der Waals surface area contributed by atoms with Crippen LogP contribution in [0.2, 0.25) is 0 Å². The van der Waals surface area contributed by atoms with Crippen molar-refractivity contribution in [2.75, 3.05) is 0 Å². The molecule has 0 aliphatic heterocycles. The number of nitriles is 1. The maximum absolute atomic E-state index is 12.8. The first-order valence-corrected chi connectivity index (χ1v) is 8.11. The average Bonchev–Trinajstić information content (AvgIpc) is 2.55. The topological polar surface area (TPSA) is 61.1 Å². The van der Waals surface area contributed by atoms with Gasteiger partial charge in [-0.3, -0.25) is 4.79 Å². The van der Waals surface area contributed by atoms with Crippen molar-refractivity contribution in [1.82, 2.24) is 0 Å². The molecule has 0 saturated heterocycles. The van der Waals surface area contributed by atoms with E-state index in [4.69, 9.17) is 10.4 Å². The lowest BCUT2D eigenvalue weighted by atomic mass is 10.0. The van der Waals surface area contributed by atoms with E-state index >= 15 is 0 Å². The fraction of sp³-hybridized carbons (Fsp3) is 0.222. The number of benzene rings is 2. The Bertz CT molecular complexity index is 811. The van der Waals surface area contributed by atoms with Crippen molar-refractivity contribution in [2.45, 2.75) is 35.2 Å². The van der Waals surface area contributed by atoms with Crippen LogP contribution in [0.3, 0.4) is 0 Å². The molecule has 25 heavy (non-hydrogen) atoms. The highest BCUT2D eigenvalue weighted by Crippen LogP contribution is 2.36. The first-order valence-electron chi connectivity index (χ1n) is 7.30. The highest BCUT2D eigenvalue weighted by molar-refractivity contribution is 7.99. The van der Waals surface area contributed by atoms with Crippen molar-refractivity contribution < 1.29 is 23.1 Å². The molecular formula is C18H14F3NO2S. The largest absolute Gasteiger partial charge is 0.481 e. The summed E-state index contributed by atoms with van der Waals surface area (Å²) in [5, 5.41) is 17.9. The predicted molar refractivity (Wildman–Crippen MR) is 87.4 cm³/mol. The van der Waals surface area contributed by atoms with Gasteiger partial charge in [0.1, 0.15) is 0 Å². The zero-order chi connectivity index (χ0) is 18.6. The second-order valence-corrected chi connectivity index (χ2v) is 6.53. The molecular weight excluding hydrogens is 351 g/mol. The molecule has 0 aliphatic carbocycles. The Balaban J connectivity index is 2.32. The van der Waals surface area contributed by atoms with Gasteiger partial charge in [-0.2, -0.15) is 18.4 Å². The van der Waals surface area contributed by atoms with Gasteiger partial charge in [-0.05, 0) is 48.4 Å². The van der Waals surface area contributed by atoms with Gasteiger partial charge in [0.25, 0.3) is 0 Å². The summed E-state index contributed by atoms with van der Waals surface area (Å²) in [6, 6.07) is 12.3. The summed E-state index contributed by atoms with van der Waals surface area (Å²) in [6.45, 7) is 1.77. The minimum absolute atomic E-state index is 0.113. The monoisotopic (exact) mass is 365 g/mol. The Hall–Kier alpha value is -2.46. The number of carboxylic acids is 1. The molecule has 2 aromatic rings. The summed E-state index contributed by atoms with van der Waals surface area (Å²) in [6.07, 6.45) is -5.01. The lowest BCUT2D eigenvalue weighted by molar-refractivity contribution is -0.138. The normalized spacial score (nSPS) is 12.4. The Morgan fingerprint density at radius 2 is 1.88 bits per heavy atom. The smallest absolute Gasteiger partial charge is 0.416 e. The number of carboxylic acid groups (broad SMARTS) is 1. The zero-order valence-electron chi connectivity index (χ0n) is 13.2. The Morgan fingerprint density at radius 3 is 2.40 bits per heavy atom. The van der Waals surface area contributed by atoms with E-state index in [1.165, 1.54) is 17.8 Å². The van der Waals surface area contributed by atoms with Crippen LogP contribution < -0.4 is 0 Å². The minimum atomic E-state index is -4.52. The van der Waals surface area contributed by atoms with Gasteiger partial charge in [-0.15, -0.1) is 0 Å². The summed E-state index contributed by atoms with van der Waals surface area (Å²) in [5.74, 6) is -1.45. The van der Waals surface area contributed by atoms with E-state index in [2.05, 4.69) is 6.07 Å². The molecule has 1 atom stereocenters. The second kappa shape index (κ2) is 7.62. The molecule has 0 aromatic heterocycles. The van der Waals surface area contributed by atoms with Gasteiger partial charge >= 0.3 is 12.1 Å². The van der Waals surface area contributed by atoms with Crippen LogP contribution in [0, 0.1) is 11.3 Å². The lowest BCUT2D eigenvalue weighted by Gasteiger charge is -2.13. The summed E-state index contributed by atoms with van der Waals surface area (Å²) in [7, 11) is 0. The molecule has 0 bridgehead atoms. The zero-order valence-corrected chi connectivity index (χ0v) is 14.0. The van der Waals surface area contributed by atoms with Crippen molar-refractivity contribution in [2.24, 2.45) is 0 Å². The van der Waals surface area contributed by atoms with Gasteiger partial charge in [0, 0.05) is 9.79 Å². The van der Waals surface area contributed by atoms with Gasteiger partial charge in [-0.25, -0.2) is 0 Å². The van der Waals surface area contributed by atoms with Crippen molar-refractivity contribution in [3.05, 3.63) is 59.2 Å². The van der Waals surface area contributed by atoms with Gasteiger partial charge in [0.15, 0.2) is 0 Å². The molecule has 7 heteroatoms. The van der Waals surface area contributed by atoms with E-state index in [0.29, 0.717) is 4.90 Å². The van der Waals surface area contributed by atoms with E-state index in [1.807, 2.05) is 0 Å². The molecule has 0 fully saturated rings. The molecule has 0 spiro atoms. The number of nitrogens with zero attached hydrogens (tertiary/aromatic N) is 1. The average molecular weight is 365 g/mol. The van der Waals surface area contributed by atoms with E-state index in [-0.39, 0.29) is 11.5 Å². The predicted octanol–water partition coefficient (Wildman–Crippen LogP) is 5.11. The third-order valence-corrected chi connectivity index (χ3v) is 4.66. The number of rotatable bonds is 5. The number of hydrogen-bond acceptors (Lipinski definition) is 3. The molecule has 2 rings (SSSR count). The Labute approximate surface area is 147 Å². The van der Waals surface area contributed by atoms with E-state index < -0.39 is 24.1 Å². The third-order valence-electron chi connectivity index (χ3n) is 3.53. The fourth-order valence-corrected chi connectivity index (χ4v) is 3.11. The molecule has 0 saturated carbocycles. The third kappa shape index (κ3) is 5.00. The Morgan fingerprint density at radius 1 is 1.24 bits per heavy atom. The number of hydrogen-bond donors (Lipinski definition) is 1. The summed E-state index contributed by atoms with van der Waals surface area (Å²) < 4.78 is 38.5. The van der Waals surface area contributed by atoms with Crippen molar-refractivity contribution in [3.8, 4) is 6.07 Å². The van der Waals surface area contributed by atoms with Crippen LogP contribution in [0.5, 0.6) is 0 Å². The van der Waals surface area contributed by atoms with Gasteiger partial charge < -0.3 is 5.11 Å². The van der Waals surface area contributed by atoms with E-state index in [9.17, 15) is 18.0 Å². The summed E-state index contributed by atoms with van der Waals surface area (Å²) in [4.78, 5) is 12.2. The van der Waals surface area contributed by atoms with E-state index in [1.54, 1.807) is 31.2 Å². The molecule has 3 nitrogen and oxygen atoms in total. The van der Waals surface area contributed by atoms with Crippen LogP contribution in [-0.4, -0.2) is 11.1 Å². The van der Waals surface area contributed by atoms with Gasteiger partial charge in [0.2, 0.25) is 0 Å². The Kier molecular flexibility index (Phi) is 5.75. The van der Waals surface area contributed by atoms with Crippen LogP contribution in [0.25, 0.3) is 0 Å². The number of halogens is 3. The quantitative estimate of drug-likeness (QED) is 0.800. The maximum Gasteiger partial charge on any atom is 0.416 e. The first-order chi connectivity index (χ1) is 11.7. The number of alkyl halides is 3. The van der Waals surface area contributed by atoms with Crippen molar-refractivity contribution in [3.63, 3.8) is 0 Å². The van der Waals surface area contributed by atoms with Crippen LogP contribution in [0.1, 0.15) is 29.5 Å². The fourth-order valence-electron chi connectivity index (χ4n) is 2.18. The number of aliphatic carboxylic acids is 1. The molecule has 0 heterocycles.